The van der Waals surface area contributed by atoms with Crippen molar-refractivity contribution >= 4 is 0 Å². The Morgan fingerprint density at radius 3 is 2.18 bits per heavy atom. The van der Waals surface area contributed by atoms with Gasteiger partial charge < -0.3 is 4.98 Å². The summed E-state index contributed by atoms with van der Waals surface area (Å²) in [5.74, 6) is 0. The SMILES string of the molecule is N#Cc1cc(-c2ccc(C(F)(F)F)cc2)c[nH]1. The number of H-pyrrole nitrogens is 1. The van der Waals surface area contributed by atoms with Crippen molar-refractivity contribution in [2.24, 2.45) is 0 Å². The summed E-state index contributed by atoms with van der Waals surface area (Å²) in [7, 11) is 0. The molecule has 5 heteroatoms. The molecule has 0 fully saturated rings. The lowest BCUT2D eigenvalue weighted by molar-refractivity contribution is -0.137. The smallest absolute Gasteiger partial charge is 0.353 e. The van der Waals surface area contributed by atoms with Crippen molar-refractivity contribution in [3.63, 3.8) is 0 Å². The molecule has 0 radical (unpaired) electrons. The molecule has 0 atom stereocenters. The van der Waals surface area contributed by atoms with Gasteiger partial charge in [-0.15, -0.1) is 0 Å². The molecule has 1 N–H and O–H groups in total. The molecule has 1 aromatic carbocycles. The van der Waals surface area contributed by atoms with Crippen LogP contribution in [0.5, 0.6) is 0 Å². The zero-order chi connectivity index (χ0) is 12.5. The lowest BCUT2D eigenvalue weighted by atomic mass is 10.1. The van der Waals surface area contributed by atoms with Gasteiger partial charge in [0.05, 0.1) is 5.56 Å². The first-order valence-corrected chi connectivity index (χ1v) is 4.77. The van der Waals surface area contributed by atoms with Crippen molar-refractivity contribution < 1.29 is 13.2 Å². The number of rotatable bonds is 1. The second-order valence-corrected chi connectivity index (χ2v) is 3.49. The van der Waals surface area contributed by atoms with E-state index >= 15 is 0 Å². The summed E-state index contributed by atoms with van der Waals surface area (Å²) < 4.78 is 37.0. The largest absolute Gasteiger partial charge is 0.416 e. The molecular weight excluding hydrogens is 229 g/mol. The Morgan fingerprint density at radius 1 is 1.06 bits per heavy atom. The Hall–Kier alpha value is -2.22. The fourth-order valence-corrected chi connectivity index (χ4v) is 1.48. The summed E-state index contributed by atoms with van der Waals surface area (Å²) in [5, 5.41) is 8.62. The van der Waals surface area contributed by atoms with Gasteiger partial charge in [-0.2, -0.15) is 18.4 Å². The molecule has 0 bridgehead atoms. The van der Waals surface area contributed by atoms with Crippen LogP contribution in [-0.2, 0) is 6.18 Å². The van der Waals surface area contributed by atoms with Gasteiger partial charge in [-0.25, -0.2) is 0 Å². The Morgan fingerprint density at radius 2 is 1.71 bits per heavy atom. The fraction of sp³-hybridized carbons (Fsp3) is 0.0833. The number of hydrogen-bond donors (Lipinski definition) is 1. The van der Waals surface area contributed by atoms with Gasteiger partial charge in [0.1, 0.15) is 11.8 Å². The number of benzene rings is 1. The molecule has 0 unspecified atom stereocenters. The quantitative estimate of drug-likeness (QED) is 0.807. The van der Waals surface area contributed by atoms with E-state index in [1.54, 1.807) is 12.3 Å². The predicted molar refractivity (Wildman–Crippen MR) is 55.9 cm³/mol. The first kappa shape index (κ1) is 11.3. The summed E-state index contributed by atoms with van der Waals surface area (Å²) in [6.45, 7) is 0. The number of halogens is 3. The monoisotopic (exact) mass is 236 g/mol. The normalized spacial score (nSPS) is 11.2. The van der Waals surface area contributed by atoms with E-state index in [1.165, 1.54) is 12.1 Å². The van der Waals surface area contributed by atoms with Crippen molar-refractivity contribution in [3.8, 4) is 17.2 Å². The summed E-state index contributed by atoms with van der Waals surface area (Å²) in [4.78, 5) is 2.72. The number of nitrogens with zero attached hydrogens (tertiary/aromatic N) is 1. The van der Waals surface area contributed by atoms with Gasteiger partial charge in [0, 0.05) is 11.8 Å². The third-order valence-corrected chi connectivity index (χ3v) is 2.35. The van der Waals surface area contributed by atoms with Crippen LogP contribution < -0.4 is 0 Å². The summed E-state index contributed by atoms with van der Waals surface area (Å²) in [6.07, 6.45) is -2.74. The van der Waals surface area contributed by atoms with Crippen molar-refractivity contribution in [2.75, 3.05) is 0 Å². The lowest BCUT2D eigenvalue weighted by Crippen LogP contribution is -2.03. The highest BCUT2D eigenvalue weighted by atomic mass is 19.4. The number of alkyl halides is 3. The summed E-state index contributed by atoms with van der Waals surface area (Å²) in [5.41, 5.74) is 1.02. The minimum absolute atomic E-state index is 0.375. The molecule has 0 amide bonds. The molecule has 0 aliphatic rings. The highest BCUT2D eigenvalue weighted by molar-refractivity contribution is 5.64. The number of hydrogen-bond acceptors (Lipinski definition) is 1. The van der Waals surface area contributed by atoms with Crippen LogP contribution in [0, 0.1) is 11.3 Å². The van der Waals surface area contributed by atoms with Crippen LogP contribution in [0.15, 0.2) is 36.5 Å². The molecule has 0 spiro atoms. The van der Waals surface area contributed by atoms with Gasteiger partial charge in [0.25, 0.3) is 0 Å². The molecular formula is C12H7F3N2. The molecule has 0 aliphatic carbocycles. The molecule has 0 saturated carbocycles. The topological polar surface area (TPSA) is 39.6 Å². The van der Waals surface area contributed by atoms with E-state index in [4.69, 9.17) is 5.26 Å². The fourth-order valence-electron chi connectivity index (χ4n) is 1.48. The van der Waals surface area contributed by atoms with Crippen LogP contribution in [0.2, 0.25) is 0 Å². The Labute approximate surface area is 95.3 Å². The Bertz CT molecular complexity index is 559. The summed E-state index contributed by atoms with van der Waals surface area (Å²) >= 11 is 0. The molecule has 86 valence electrons. The van der Waals surface area contributed by atoms with E-state index in [2.05, 4.69) is 4.98 Å². The number of aromatic nitrogens is 1. The third-order valence-electron chi connectivity index (χ3n) is 2.35. The van der Waals surface area contributed by atoms with Gasteiger partial charge in [-0.3, -0.25) is 0 Å². The zero-order valence-corrected chi connectivity index (χ0v) is 8.55. The third kappa shape index (κ3) is 2.31. The first-order valence-electron chi connectivity index (χ1n) is 4.77. The van der Waals surface area contributed by atoms with E-state index in [0.29, 0.717) is 16.8 Å². The van der Waals surface area contributed by atoms with E-state index < -0.39 is 11.7 Å². The van der Waals surface area contributed by atoms with Gasteiger partial charge in [-0.1, -0.05) is 12.1 Å². The average Bonchev–Trinajstić information content (AvgIpc) is 2.76. The second-order valence-electron chi connectivity index (χ2n) is 3.49. The Balaban J connectivity index is 2.33. The molecule has 1 aromatic heterocycles. The molecule has 2 rings (SSSR count). The molecule has 2 nitrogen and oxygen atoms in total. The lowest BCUT2D eigenvalue weighted by Gasteiger charge is -2.06. The predicted octanol–water partition coefficient (Wildman–Crippen LogP) is 3.57. The van der Waals surface area contributed by atoms with Crippen LogP contribution in [0.3, 0.4) is 0 Å². The highest BCUT2D eigenvalue weighted by Gasteiger charge is 2.29. The standard InChI is InChI=1S/C12H7F3N2/c13-12(14,15)10-3-1-8(2-4-10)9-5-11(6-16)17-7-9/h1-5,7,17H. The maximum atomic E-state index is 12.3. The van der Waals surface area contributed by atoms with Gasteiger partial charge in [-0.05, 0) is 23.8 Å². The second kappa shape index (κ2) is 3.98. The van der Waals surface area contributed by atoms with Crippen molar-refractivity contribution in [3.05, 3.63) is 47.8 Å². The van der Waals surface area contributed by atoms with Crippen molar-refractivity contribution in [1.82, 2.24) is 4.98 Å². The van der Waals surface area contributed by atoms with E-state index in [0.717, 1.165) is 12.1 Å². The highest BCUT2D eigenvalue weighted by Crippen LogP contribution is 2.30. The minimum Gasteiger partial charge on any atom is -0.353 e. The number of nitriles is 1. The Kier molecular flexibility index (Phi) is 2.64. The van der Waals surface area contributed by atoms with Crippen molar-refractivity contribution in [2.45, 2.75) is 6.18 Å². The van der Waals surface area contributed by atoms with Gasteiger partial charge in [0.2, 0.25) is 0 Å². The van der Waals surface area contributed by atoms with Crippen molar-refractivity contribution in [1.29, 1.82) is 5.26 Å². The molecule has 2 aromatic rings. The molecule has 17 heavy (non-hydrogen) atoms. The van der Waals surface area contributed by atoms with E-state index in [-0.39, 0.29) is 0 Å². The van der Waals surface area contributed by atoms with Gasteiger partial charge in [0.15, 0.2) is 0 Å². The maximum Gasteiger partial charge on any atom is 0.416 e. The van der Waals surface area contributed by atoms with Crippen LogP contribution >= 0.6 is 0 Å². The molecule has 0 saturated heterocycles. The number of aromatic amines is 1. The zero-order valence-electron chi connectivity index (χ0n) is 8.55. The van der Waals surface area contributed by atoms with Crippen LogP contribution in [0.25, 0.3) is 11.1 Å². The maximum absolute atomic E-state index is 12.3. The molecule has 1 heterocycles. The number of nitrogens with one attached hydrogen (secondary N) is 1. The minimum atomic E-state index is -4.32. The van der Waals surface area contributed by atoms with Crippen LogP contribution in [0.4, 0.5) is 13.2 Å². The first-order chi connectivity index (χ1) is 8.00. The summed E-state index contributed by atoms with van der Waals surface area (Å²) in [6, 6.07) is 8.31. The van der Waals surface area contributed by atoms with Gasteiger partial charge >= 0.3 is 6.18 Å². The van der Waals surface area contributed by atoms with Crippen LogP contribution in [0.1, 0.15) is 11.3 Å². The van der Waals surface area contributed by atoms with Crippen LogP contribution in [-0.4, -0.2) is 4.98 Å². The molecule has 0 aliphatic heterocycles. The average molecular weight is 236 g/mol. The van der Waals surface area contributed by atoms with E-state index in [9.17, 15) is 13.2 Å². The van der Waals surface area contributed by atoms with E-state index in [1.807, 2.05) is 6.07 Å².